The Labute approximate surface area is 102 Å². The predicted octanol–water partition coefficient (Wildman–Crippen LogP) is 2.44. The Kier molecular flexibility index (Phi) is 4.16. The quantitative estimate of drug-likeness (QED) is 0.804. The van der Waals surface area contributed by atoms with Crippen LogP contribution in [0.1, 0.15) is 30.7 Å². The van der Waals surface area contributed by atoms with Gasteiger partial charge in [0.1, 0.15) is 5.15 Å². The fourth-order valence-electron chi connectivity index (χ4n) is 2.28. The van der Waals surface area contributed by atoms with Gasteiger partial charge >= 0.3 is 0 Å². The largest absolute Gasteiger partial charge is 0.258 e. The summed E-state index contributed by atoms with van der Waals surface area (Å²) < 4.78 is 0. The van der Waals surface area contributed by atoms with Crippen molar-refractivity contribution in [3.05, 3.63) is 29.0 Å². The Morgan fingerprint density at radius 1 is 1.38 bits per heavy atom. The van der Waals surface area contributed by atoms with Gasteiger partial charge in [-0.2, -0.15) is 0 Å². The summed E-state index contributed by atoms with van der Waals surface area (Å²) in [4.78, 5) is 4.16. The zero-order chi connectivity index (χ0) is 11.4. The van der Waals surface area contributed by atoms with E-state index in [2.05, 4.69) is 21.5 Å². The number of hydrazine groups is 1. The number of aromatic nitrogens is 1. The van der Waals surface area contributed by atoms with Crippen LogP contribution in [0.25, 0.3) is 0 Å². The van der Waals surface area contributed by atoms with Crippen molar-refractivity contribution in [3.63, 3.8) is 0 Å². The predicted molar refractivity (Wildman–Crippen MR) is 66.5 cm³/mol. The maximum atomic E-state index is 5.80. The summed E-state index contributed by atoms with van der Waals surface area (Å²) in [6.45, 7) is 2.23. The first kappa shape index (κ1) is 11.8. The average Bonchev–Trinajstić information content (AvgIpc) is 2.55. The second kappa shape index (κ2) is 5.62. The lowest BCUT2D eigenvalue weighted by atomic mass is 9.93. The van der Waals surface area contributed by atoms with Gasteiger partial charge in [0, 0.05) is 19.3 Å². The molecule has 3 nitrogen and oxygen atoms in total. The zero-order valence-corrected chi connectivity index (χ0v) is 10.4. The fraction of sp³-hybridized carbons (Fsp3) is 0.583. The number of hydrogen-bond acceptors (Lipinski definition) is 3. The van der Waals surface area contributed by atoms with Gasteiger partial charge in [-0.05, 0) is 43.9 Å². The molecular formula is C12H18ClN3. The minimum atomic E-state index is 0.578. The summed E-state index contributed by atoms with van der Waals surface area (Å²) in [5, 5.41) is 2.86. The molecule has 0 bridgehead atoms. The first-order valence-electron chi connectivity index (χ1n) is 5.83. The average molecular weight is 240 g/mol. The Bertz CT molecular complexity index is 326. The van der Waals surface area contributed by atoms with Crippen molar-refractivity contribution in [2.75, 3.05) is 20.1 Å². The molecule has 0 amide bonds. The van der Waals surface area contributed by atoms with Gasteiger partial charge in [-0.1, -0.05) is 17.7 Å². The van der Waals surface area contributed by atoms with Crippen LogP contribution in [0.3, 0.4) is 0 Å². The fourth-order valence-corrected chi connectivity index (χ4v) is 2.39. The second-order valence-corrected chi connectivity index (χ2v) is 4.64. The SMILES string of the molecule is CNN1CCC[C@H](c2ccc(Cl)nc2)CC1. The lowest BCUT2D eigenvalue weighted by Gasteiger charge is -2.18. The van der Waals surface area contributed by atoms with Gasteiger partial charge in [0.2, 0.25) is 0 Å². The molecular weight excluding hydrogens is 222 g/mol. The lowest BCUT2D eigenvalue weighted by Crippen LogP contribution is -2.35. The van der Waals surface area contributed by atoms with E-state index in [-0.39, 0.29) is 0 Å². The van der Waals surface area contributed by atoms with E-state index in [1.54, 1.807) is 0 Å². The van der Waals surface area contributed by atoms with E-state index in [0.717, 1.165) is 13.1 Å². The highest BCUT2D eigenvalue weighted by Gasteiger charge is 2.17. The van der Waals surface area contributed by atoms with Crippen LogP contribution in [-0.2, 0) is 0 Å². The highest BCUT2D eigenvalue weighted by molar-refractivity contribution is 6.29. The second-order valence-electron chi connectivity index (χ2n) is 4.25. The van der Waals surface area contributed by atoms with Crippen molar-refractivity contribution in [2.45, 2.75) is 25.2 Å². The van der Waals surface area contributed by atoms with Crippen LogP contribution < -0.4 is 5.43 Å². The van der Waals surface area contributed by atoms with E-state index in [1.165, 1.54) is 24.8 Å². The molecule has 1 saturated heterocycles. The third-order valence-electron chi connectivity index (χ3n) is 3.27. The van der Waals surface area contributed by atoms with Crippen molar-refractivity contribution in [2.24, 2.45) is 0 Å². The molecule has 2 heterocycles. The highest BCUT2D eigenvalue weighted by Crippen LogP contribution is 2.27. The molecule has 2 rings (SSSR count). The molecule has 88 valence electrons. The molecule has 1 atom stereocenters. The van der Waals surface area contributed by atoms with E-state index in [1.807, 2.05) is 19.3 Å². The van der Waals surface area contributed by atoms with Gasteiger partial charge in [0.05, 0.1) is 0 Å². The molecule has 1 aliphatic rings. The van der Waals surface area contributed by atoms with Gasteiger partial charge in [-0.25, -0.2) is 9.99 Å². The van der Waals surface area contributed by atoms with Gasteiger partial charge < -0.3 is 0 Å². The molecule has 4 heteroatoms. The standard InChI is InChI=1S/C12H18ClN3/c1-14-16-7-2-3-10(6-8-16)11-4-5-12(13)15-9-11/h4-5,9-10,14H,2-3,6-8H2,1H3/t10-/m0/s1. The van der Waals surface area contributed by atoms with Gasteiger partial charge in [0.25, 0.3) is 0 Å². The van der Waals surface area contributed by atoms with E-state index in [9.17, 15) is 0 Å². The van der Waals surface area contributed by atoms with Crippen LogP contribution >= 0.6 is 11.6 Å². The molecule has 1 N–H and O–H groups in total. The van der Waals surface area contributed by atoms with Crippen LogP contribution in [0.5, 0.6) is 0 Å². The van der Waals surface area contributed by atoms with Crippen molar-refractivity contribution in [1.29, 1.82) is 0 Å². The Morgan fingerprint density at radius 3 is 2.94 bits per heavy atom. The lowest BCUT2D eigenvalue weighted by molar-refractivity contribution is 0.216. The number of nitrogens with one attached hydrogen (secondary N) is 1. The molecule has 1 fully saturated rings. The molecule has 0 aromatic carbocycles. The van der Waals surface area contributed by atoms with Crippen LogP contribution in [0.2, 0.25) is 5.15 Å². The molecule has 1 aliphatic heterocycles. The van der Waals surface area contributed by atoms with E-state index < -0.39 is 0 Å². The summed E-state index contributed by atoms with van der Waals surface area (Å²) in [6, 6.07) is 3.99. The van der Waals surface area contributed by atoms with Gasteiger partial charge in [-0.15, -0.1) is 0 Å². The maximum Gasteiger partial charge on any atom is 0.129 e. The van der Waals surface area contributed by atoms with Crippen LogP contribution in [0.4, 0.5) is 0 Å². The number of rotatable bonds is 2. The molecule has 0 spiro atoms. The summed E-state index contributed by atoms with van der Waals surface area (Å²) in [7, 11) is 1.99. The van der Waals surface area contributed by atoms with E-state index in [4.69, 9.17) is 11.6 Å². The number of halogens is 1. The highest BCUT2D eigenvalue weighted by atomic mass is 35.5. The smallest absolute Gasteiger partial charge is 0.129 e. The Hall–Kier alpha value is -0.640. The van der Waals surface area contributed by atoms with Gasteiger partial charge in [-0.3, -0.25) is 5.43 Å². The van der Waals surface area contributed by atoms with E-state index in [0.29, 0.717) is 11.1 Å². The third kappa shape index (κ3) is 2.94. The summed E-state index contributed by atoms with van der Waals surface area (Å²) in [5.74, 6) is 0.628. The Morgan fingerprint density at radius 2 is 2.25 bits per heavy atom. The molecule has 0 aliphatic carbocycles. The first-order valence-corrected chi connectivity index (χ1v) is 6.21. The topological polar surface area (TPSA) is 28.2 Å². The molecule has 1 aromatic rings. The Balaban J connectivity index is 2.02. The molecule has 0 saturated carbocycles. The van der Waals surface area contributed by atoms with Crippen LogP contribution in [-0.4, -0.2) is 30.1 Å². The monoisotopic (exact) mass is 239 g/mol. The number of hydrogen-bond donors (Lipinski definition) is 1. The number of nitrogens with zero attached hydrogens (tertiary/aromatic N) is 2. The molecule has 1 aromatic heterocycles. The number of pyridine rings is 1. The van der Waals surface area contributed by atoms with Crippen LogP contribution in [0.15, 0.2) is 18.3 Å². The van der Waals surface area contributed by atoms with Crippen molar-refractivity contribution in [3.8, 4) is 0 Å². The molecule has 0 radical (unpaired) electrons. The molecule has 16 heavy (non-hydrogen) atoms. The zero-order valence-electron chi connectivity index (χ0n) is 9.62. The first-order chi connectivity index (χ1) is 7.79. The molecule has 0 unspecified atom stereocenters. The summed E-state index contributed by atoms with van der Waals surface area (Å²) in [5.41, 5.74) is 4.54. The van der Waals surface area contributed by atoms with Crippen molar-refractivity contribution in [1.82, 2.24) is 15.4 Å². The normalized spacial score (nSPS) is 23.0. The van der Waals surface area contributed by atoms with E-state index >= 15 is 0 Å². The third-order valence-corrected chi connectivity index (χ3v) is 3.49. The van der Waals surface area contributed by atoms with Crippen LogP contribution in [0, 0.1) is 0 Å². The minimum Gasteiger partial charge on any atom is -0.258 e. The van der Waals surface area contributed by atoms with Crippen molar-refractivity contribution < 1.29 is 0 Å². The van der Waals surface area contributed by atoms with Gasteiger partial charge in [0.15, 0.2) is 0 Å². The van der Waals surface area contributed by atoms with Crippen molar-refractivity contribution >= 4 is 11.6 Å². The minimum absolute atomic E-state index is 0.578. The summed E-state index contributed by atoms with van der Waals surface area (Å²) in [6.07, 6.45) is 5.57. The summed E-state index contributed by atoms with van der Waals surface area (Å²) >= 11 is 5.80. The maximum absolute atomic E-state index is 5.80.